The van der Waals surface area contributed by atoms with Crippen LogP contribution in [0.5, 0.6) is 5.75 Å². The van der Waals surface area contributed by atoms with E-state index in [4.69, 9.17) is 4.65 Å². The summed E-state index contributed by atoms with van der Waals surface area (Å²) in [6.07, 6.45) is 1.77. The third kappa shape index (κ3) is 1.18. The zero-order valence-electron chi connectivity index (χ0n) is 5.63. The maximum absolute atomic E-state index is 10.2. The highest BCUT2D eigenvalue weighted by molar-refractivity contribution is 6.00. The van der Waals surface area contributed by atoms with Gasteiger partial charge in [-0.15, -0.1) is 0 Å². The lowest BCUT2D eigenvalue weighted by Gasteiger charge is -2.00. The molecule has 0 aliphatic rings. The van der Waals surface area contributed by atoms with Crippen LogP contribution in [0, 0.1) is 0 Å². The average Bonchev–Trinajstić information content (AvgIpc) is 2.04. The third-order valence-electron chi connectivity index (χ3n) is 1.22. The fourth-order valence-electron chi connectivity index (χ4n) is 0.729. The summed E-state index contributed by atoms with van der Waals surface area (Å²) in [5.74, 6) is 0.567. The van der Waals surface area contributed by atoms with Gasteiger partial charge in [0.25, 0.3) is 0 Å². The first kappa shape index (κ1) is 6.87. The van der Waals surface area contributed by atoms with E-state index < -0.39 is 0 Å². The lowest BCUT2D eigenvalue weighted by molar-refractivity contribution is 0.558. The minimum Gasteiger partial charge on any atom is -0.567 e. The van der Waals surface area contributed by atoms with E-state index in [1.165, 1.54) is 8.05 Å². The van der Waals surface area contributed by atoms with Crippen molar-refractivity contribution < 1.29 is 9.45 Å². The summed E-state index contributed by atoms with van der Waals surface area (Å²) in [4.78, 5) is 10.2. The molecule has 0 fully saturated rings. The van der Waals surface area contributed by atoms with E-state index in [1.807, 2.05) is 0 Å². The Kier molecular flexibility index (Phi) is 2.10. The second kappa shape index (κ2) is 3.06. The number of carbonyl (C=O) groups excluding carboxylic acids is 1. The summed E-state index contributed by atoms with van der Waals surface area (Å²) in [6.45, 7) is 0. The van der Waals surface area contributed by atoms with Crippen LogP contribution >= 0.6 is 0 Å². The van der Waals surface area contributed by atoms with Crippen molar-refractivity contribution >= 4 is 14.3 Å². The number of para-hydroxylation sites is 1. The minimum absolute atomic E-state index is 0.463. The fraction of sp³-hybridized carbons (Fsp3) is 0. The molecule has 0 saturated heterocycles. The summed E-state index contributed by atoms with van der Waals surface area (Å²) in [5, 5.41) is 0. The summed E-state index contributed by atoms with van der Waals surface area (Å²) < 4.78 is 4.87. The highest BCUT2D eigenvalue weighted by atomic mass is 16.4. The second-order valence-electron chi connectivity index (χ2n) is 1.80. The lowest BCUT2D eigenvalue weighted by Crippen LogP contribution is -1.90. The summed E-state index contributed by atoms with van der Waals surface area (Å²) in [5.41, 5.74) is 0.463. The van der Waals surface area contributed by atoms with Crippen molar-refractivity contribution in [2.45, 2.75) is 0 Å². The highest BCUT2D eigenvalue weighted by Gasteiger charge is 1.97. The van der Waals surface area contributed by atoms with Crippen LogP contribution in [0.3, 0.4) is 0 Å². The van der Waals surface area contributed by atoms with Crippen molar-refractivity contribution in [2.24, 2.45) is 0 Å². The fourth-order valence-corrected chi connectivity index (χ4v) is 0.729. The summed E-state index contributed by atoms with van der Waals surface area (Å²) in [6, 6.07) is 6.95. The molecule has 0 saturated carbocycles. The molecule has 0 unspecified atom stereocenters. The van der Waals surface area contributed by atoms with Crippen LogP contribution in [0.15, 0.2) is 24.3 Å². The van der Waals surface area contributed by atoms with Gasteiger partial charge < -0.3 is 4.65 Å². The Morgan fingerprint density at radius 3 is 2.60 bits per heavy atom. The molecule has 1 rings (SSSR count). The van der Waals surface area contributed by atoms with Gasteiger partial charge in [0.05, 0.1) is 5.56 Å². The molecule has 0 bridgehead atoms. The van der Waals surface area contributed by atoms with Crippen molar-refractivity contribution in [1.82, 2.24) is 0 Å². The van der Waals surface area contributed by atoms with Gasteiger partial charge in [-0.2, -0.15) is 0 Å². The molecule has 0 N–H and O–H groups in total. The number of rotatable bonds is 2. The second-order valence-corrected chi connectivity index (χ2v) is 1.80. The van der Waals surface area contributed by atoms with Crippen molar-refractivity contribution in [3.05, 3.63) is 29.8 Å². The third-order valence-corrected chi connectivity index (χ3v) is 1.22. The molecule has 1 aromatic rings. The van der Waals surface area contributed by atoms with Crippen LogP contribution < -0.4 is 4.65 Å². The Morgan fingerprint density at radius 2 is 2.10 bits per heavy atom. The molecule has 49 valence electrons. The van der Waals surface area contributed by atoms with Crippen molar-refractivity contribution in [3.8, 4) is 5.75 Å². The predicted molar refractivity (Wildman–Crippen MR) is 40.4 cm³/mol. The normalized spacial score (nSPS) is 8.80. The van der Waals surface area contributed by atoms with Crippen LogP contribution in [0.4, 0.5) is 0 Å². The van der Waals surface area contributed by atoms with Crippen LogP contribution in [0.1, 0.15) is 5.56 Å². The van der Waals surface area contributed by atoms with Crippen LogP contribution in [-0.2, 0) is 4.79 Å². The van der Waals surface area contributed by atoms with Gasteiger partial charge in [-0.05, 0) is 12.1 Å². The molecule has 0 aromatic heterocycles. The molecule has 0 spiro atoms. The van der Waals surface area contributed by atoms with Gasteiger partial charge in [-0.3, -0.25) is 4.79 Å². The summed E-state index contributed by atoms with van der Waals surface area (Å²) >= 11 is 0. The van der Waals surface area contributed by atoms with Gasteiger partial charge in [0.1, 0.15) is 5.75 Å². The first-order valence-electron chi connectivity index (χ1n) is 2.89. The van der Waals surface area contributed by atoms with Crippen LogP contribution in [-0.4, -0.2) is 14.3 Å². The van der Waals surface area contributed by atoms with Gasteiger partial charge in [-0.1, -0.05) is 12.1 Å². The molecular weight excluding hydrogens is 127 g/mol. The van der Waals surface area contributed by atoms with Crippen LogP contribution in [0.25, 0.3) is 0 Å². The van der Waals surface area contributed by atoms with E-state index in [2.05, 4.69) is 0 Å². The predicted octanol–water partition coefficient (Wildman–Crippen LogP) is 0.0713. The average molecular weight is 133 g/mol. The highest BCUT2D eigenvalue weighted by Crippen LogP contribution is 2.13. The molecule has 1 aromatic carbocycles. The molecule has 3 heteroatoms. The van der Waals surface area contributed by atoms with Crippen LogP contribution in [0.2, 0.25) is 0 Å². The van der Waals surface area contributed by atoms with Gasteiger partial charge in [0.2, 0.25) is 6.29 Å². The Hall–Kier alpha value is -1.25. The van der Waals surface area contributed by atoms with E-state index in [0.717, 1.165) is 0 Å². The molecule has 0 aliphatic carbocycles. The smallest absolute Gasteiger partial charge is 0.322 e. The summed E-state index contributed by atoms with van der Waals surface area (Å²) in [7, 11) is 1.52. The standard InChI is InChI=1S/C7H6BO2/c8-10-7-4-2-1-3-6(7)5-9/h1-4H,8H2. The van der Waals surface area contributed by atoms with Gasteiger partial charge in [-0.25, -0.2) is 0 Å². The van der Waals surface area contributed by atoms with Gasteiger partial charge >= 0.3 is 8.05 Å². The zero-order valence-corrected chi connectivity index (χ0v) is 5.63. The maximum Gasteiger partial charge on any atom is 0.322 e. The number of hydrogen-bond donors (Lipinski definition) is 0. The van der Waals surface area contributed by atoms with Crippen molar-refractivity contribution in [1.29, 1.82) is 0 Å². The maximum atomic E-state index is 10.2. The van der Waals surface area contributed by atoms with Crippen molar-refractivity contribution in [3.63, 3.8) is 0 Å². The first-order chi connectivity index (χ1) is 4.88. The van der Waals surface area contributed by atoms with E-state index in [9.17, 15) is 4.79 Å². The number of benzene rings is 1. The first-order valence-corrected chi connectivity index (χ1v) is 2.89. The molecule has 0 atom stereocenters. The lowest BCUT2D eigenvalue weighted by atomic mass is 10.2. The van der Waals surface area contributed by atoms with E-state index >= 15 is 0 Å². The monoisotopic (exact) mass is 133 g/mol. The molecule has 0 heterocycles. The molecule has 2 nitrogen and oxygen atoms in total. The topological polar surface area (TPSA) is 26.3 Å². The van der Waals surface area contributed by atoms with Crippen molar-refractivity contribution in [2.75, 3.05) is 0 Å². The Labute approximate surface area is 60.3 Å². The largest absolute Gasteiger partial charge is 0.567 e. The quantitative estimate of drug-likeness (QED) is 0.533. The Balaban J connectivity index is 3.08. The minimum atomic E-state index is 0.463. The Morgan fingerprint density at radius 1 is 1.40 bits per heavy atom. The molecule has 1 radical (unpaired) electrons. The SMILES string of the molecule is BOc1ccccc1[C]=O. The van der Waals surface area contributed by atoms with E-state index in [1.54, 1.807) is 30.6 Å². The zero-order chi connectivity index (χ0) is 7.40. The molecule has 0 amide bonds. The van der Waals surface area contributed by atoms with Gasteiger partial charge in [0.15, 0.2) is 0 Å². The number of hydrogen-bond acceptors (Lipinski definition) is 2. The van der Waals surface area contributed by atoms with Gasteiger partial charge in [0, 0.05) is 0 Å². The molecule has 0 aliphatic heterocycles. The Bertz CT molecular complexity index is 235. The van der Waals surface area contributed by atoms with E-state index in [-0.39, 0.29) is 0 Å². The van der Waals surface area contributed by atoms with E-state index in [0.29, 0.717) is 11.3 Å². The molecule has 10 heavy (non-hydrogen) atoms. The molecular formula is C7H6BO2.